The van der Waals surface area contributed by atoms with Crippen LogP contribution >= 0.6 is 22.9 Å². The molecule has 0 fully saturated rings. The number of hydrogen-bond donors (Lipinski definition) is 2. The molecule has 21 heavy (non-hydrogen) atoms. The van der Waals surface area contributed by atoms with Gasteiger partial charge in [-0.05, 0) is 37.4 Å². The normalized spacial score (nSPS) is 12.5. The van der Waals surface area contributed by atoms with Gasteiger partial charge in [0.15, 0.2) is 0 Å². The third-order valence-electron chi connectivity index (χ3n) is 3.65. The van der Waals surface area contributed by atoms with Crippen LogP contribution < -0.4 is 11.1 Å². The largest absolute Gasteiger partial charge is 0.330 e. The second kappa shape index (κ2) is 7.73. The van der Waals surface area contributed by atoms with E-state index in [0.29, 0.717) is 29.6 Å². The Hall–Kier alpha value is -1.17. The lowest BCUT2D eigenvalue weighted by atomic mass is 9.96. The van der Waals surface area contributed by atoms with Crippen molar-refractivity contribution in [2.45, 2.75) is 32.6 Å². The number of carbonyl (C=O) groups is 1. The van der Waals surface area contributed by atoms with E-state index in [1.165, 1.54) is 11.3 Å². The maximum absolute atomic E-state index is 12.1. The number of nitrogens with zero attached hydrogens (tertiary/aromatic N) is 1. The van der Waals surface area contributed by atoms with E-state index in [2.05, 4.69) is 17.2 Å². The molecule has 0 aliphatic heterocycles. The van der Waals surface area contributed by atoms with Gasteiger partial charge in [0.25, 0.3) is 0 Å². The van der Waals surface area contributed by atoms with Gasteiger partial charge in [0, 0.05) is 6.42 Å². The molecule has 1 heterocycles. The van der Waals surface area contributed by atoms with Gasteiger partial charge in [0.1, 0.15) is 5.52 Å². The fourth-order valence-electron chi connectivity index (χ4n) is 2.35. The summed E-state index contributed by atoms with van der Waals surface area (Å²) < 4.78 is 1.02. The van der Waals surface area contributed by atoms with E-state index in [0.717, 1.165) is 29.5 Å². The van der Waals surface area contributed by atoms with Gasteiger partial charge in [0.2, 0.25) is 5.91 Å². The van der Waals surface area contributed by atoms with Gasteiger partial charge in [-0.25, -0.2) is 4.98 Å². The molecule has 0 aliphatic carbocycles. The maximum Gasteiger partial charge on any atom is 0.224 e. The first-order valence-electron chi connectivity index (χ1n) is 7.17. The third-order valence-corrected chi connectivity index (χ3v) is 4.76. The number of halogens is 1. The van der Waals surface area contributed by atoms with Gasteiger partial charge in [0.05, 0.1) is 20.9 Å². The number of aromatic nitrogens is 1. The number of carbonyl (C=O) groups excluding carboxylic acids is 1. The molecule has 1 atom stereocenters. The number of thiazole rings is 1. The van der Waals surface area contributed by atoms with Crippen LogP contribution in [0.4, 0.5) is 5.69 Å². The number of nitrogens with one attached hydrogen (secondary N) is 1. The monoisotopic (exact) mass is 325 g/mol. The SMILES string of the molecule is CCC(CCN)CCC(=O)Nc1c(Cl)ccc2scnc12. The molecule has 114 valence electrons. The van der Waals surface area contributed by atoms with Gasteiger partial charge in [-0.1, -0.05) is 24.9 Å². The Morgan fingerprint density at radius 1 is 1.48 bits per heavy atom. The van der Waals surface area contributed by atoms with Crippen molar-refractivity contribution in [1.29, 1.82) is 0 Å². The average molecular weight is 326 g/mol. The van der Waals surface area contributed by atoms with Crippen LogP contribution in [0.2, 0.25) is 5.02 Å². The third kappa shape index (κ3) is 4.15. The number of hydrogen-bond acceptors (Lipinski definition) is 4. The molecule has 6 heteroatoms. The number of nitrogens with two attached hydrogens (primary N) is 1. The Morgan fingerprint density at radius 2 is 2.29 bits per heavy atom. The van der Waals surface area contributed by atoms with Crippen LogP contribution in [0.25, 0.3) is 10.2 Å². The highest BCUT2D eigenvalue weighted by Gasteiger charge is 2.13. The van der Waals surface area contributed by atoms with E-state index >= 15 is 0 Å². The van der Waals surface area contributed by atoms with Crippen LogP contribution in [0, 0.1) is 5.92 Å². The van der Waals surface area contributed by atoms with E-state index in [1.54, 1.807) is 11.6 Å². The van der Waals surface area contributed by atoms with Crippen molar-refractivity contribution in [2.75, 3.05) is 11.9 Å². The van der Waals surface area contributed by atoms with Gasteiger partial charge in [-0.15, -0.1) is 11.3 Å². The first-order valence-corrected chi connectivity index (χ1v) is 8.43. The van der Waals surface area contributed by atoms with Gasteiger partial charge in [-0.3, -0.25) is 4.79 Å². The van der Waals surface area contributed by atoms with E-state index < -0.39 is 0 Å². The molecular formula is C15H20ClN3OS. The molecule has 0 saturated heterocycles. The summed E-state index contributed by atoms with van der Waals surface area (Å²) in [5, 5.41) is 3.43. The second-order valence-corrected chi connectivity index (χ2v) is 6.35. The predicted octanol–water partition coefficient (Wildman–Crippen LogP) is 4.04. The molecule has 0 bridgehead atoms. The number of benzene rings is 1. The van der Waals surface area contributed by atoms with Crippen LogP contribution in [0.3, 0.4) is 0 Å². The molecule has 0 radical (unpaired) electrons. The minimum atomic E-state index is -0.0205. The number of amides is 1. The summed E-state index contributed by atoms with van der Waals surface area (Å²) in [7, 11) is 0. The molecule has 0 saturated carbocycles. The molecule has 3 N–H and O–H groups in total. The number of anilines is 1. The van der Waals surface area contributed by atoms with Crippen molar-refractivity contribution < 1.29 is 4.79 Å². The fraction of sp³-hybridized carbons (Fsp3) is 0.467. The minimum Gasteiger partial charge on any atom is -0.330 e. The molecule has 0 spiro atoms. The van der Waals surface area contributed by atoms with Crippen LogP contribution in [0.5, 0.6) is 0 Å². The first-order chi connectivity index (χ1) is 10.2. The highest BCUT2D eigenvalue weighted by Crippen LogP contribution is 2.32. The summed E-state index contributed by atoms with van der Waals surface area (Å²) >= 11 is 7.71. The molecule has 2 rings (SSSR count). The van der Waals surface area contributed by atoms with Crippen LogP contribution in [-0.4, -0.2) is 17.4 Å². The molecule has 1 aromatic heterocycles. The minimum absolute atomic E-state index is 0.0205. The fourth-order valence-corrected chi connectivity index (χ4v) is 3.24. The maximum atomic E-state index is 12.1. The van der Waals surface area contributed by atoms with Crippen molar-refractivity contribution in [1.82, 2.24) is 4.98 Å². The van der Waals surface area contributed by atoms with Gasteiger partial charge in [-0.2, -0.15) is 0 Å². The highest BCUT2D eigenvalue weighted by atomic mass is 35.5. The Balaban J connectivity index is 2.01. The summed E-state index contributed by atoms with van der Waals surface area (Å²) in [4.78, 5) is 16.4. The summed E-state index contributed by atoms with van der Waals surface area (Å²) in [6.07, 6.45) is 3.35. The molecule has 2 aromatic rings. The zero-order chi connectivity index (χ0) is 15.2. The Morgan fingerprint density at radius 3 is 3.00 bits per heavy atom. The van der Waals surface area contributed by atoms with Gasteiger partial charge >= 0.3 is 0 Å². The lowest BCUT2D eigenvalue weighted by molar-refractivity contribution is -0.116. The summed E-state index contributed by atoms with van der Waals surface area (Å²) in [6, 6.07) is 3.71. The molecule has 4 nitrogen and oxygen atoms in total. The Bertz CT molecular complexity index is 614. The van der Waals surface area contributed by atoms with E-state index in [-0.39, 0.29) is 5.91 Å². The first kappa shape index (κ1) is 16.2. The molecular weight excluding hydrogens is 306 g/mol. The van der Waals surface area contributed by atoms with Crippen LogP contribution in [-0.2, 0) is 4.79 Å². The molecule has 0 aliphatic rings. The summed E-state index contributed by atoms with van der Waals surface area (Å²) in [5.74, 6) is 0.485. The van der Waals surface area contributed by atoms with Crippen molar-refractivity contribution in [3.05, 3.63) is 22.7 Å². The smallest absolute Gasteiger partial charge is 0.224 e. The van der Waals surface area contributed by atoms with E-state index in [4.69, 9.17) is 17.3 Å². The zero-order valence-corrected chi connectivity index (χ0v) is 13.6. The van der Waals surface area contributed by atoms with Crippen molar-refractivity contribution in [3.63, 3.8) is 0 Å². The van der Waals surface area contributed by atoms with Gasteiger partial charge < -0.3 is 11.1 Å². The Labute approximate surface area is 133 Å². The standard InChI is InChI=1S/C15H20ClN3OS/c1-2-10(7-8-17)3-6-13(20)19-14-11(16)4-5-12-15(14)18-9-21-12/h4-5,9-10H,2-3,6-8,17H2,1H3,(H,19,20). The van der Waals surface area contributed by atoms with Crippen molar-refractivity contribution >= 4 is 44.7 Å². The number of rotatable bonds is 7. The summed E-state index contributed by atoms with van der Waals surface area (Å²) in [6.45, 7) is 2.80. The zero-order valence-electron chi connectivity index (χ0n) is 12.1. The lowest BCUT2D eigenvalue weighted by Gasteiger charge is -2.13. The van der Waals surface area contributed by atoms with E-state index in [1.807, 2.05) is 6.07 Å². The molecule has 1 unspecified atom stereocenters. The van der Waals surface area contributed by atoms with Crippen LogP contribution in [0.15, 0.2) is 17.6 Å². The Kier molecular flexibility index (Phi) is 5.96. The number of fused-ring (bicyclic) bond motifs is 1. The average Bonchev–Trinajstić information content (AvgIpc) is 2.95. The summed E-state index contributed by atoms with van der Waals surface area (Å²) in [5.41, 5.74) is 8.71. The topological polar surface area (TPSA) is 68.0 Å². The molecule has 1 amide bonds. The lowest BCUT2D eigenvalue weighted by Crippen LogP contribution is -2.15. The molecule has 1 aromatic carbocycles. The van der Waals surface area contributed by atoms with Crippen LogP contribution in [0.1, 0.15) is 32.6 Å². The predicted molar refractivity (Wildman–Crippen MR) is 89.9 cm³/mol. The highest BCUT2D eigenvalue weighted by molar-refractivity contribution is 7.16. The van der Waals surface area contributed by atoms with Crippen molar-refractivity contribution in [3.8, 4) is 0 Å². The van der Waals surface area contributed by atoms with E-state index in [9.17, 15) is 4.79 Å². The second-order valence-electron chi connectivity index (χ2n) is 5.06. The van der Waals surface area contributed by atoms with Crippen molar-refractivity contribution in [2.24, 2.45) is 11.7 Å². The quantitative estimate of drug-likeness (QED) is 0.807.